The molecule has 1 aliphatic rings. The van der Waals surface area contributed by atoms with Crippen LogP contribution in [0.5, 0.6) is 5.75 Å². The molecule has 1 aliphatic heterocycles. The molecule has 128 valence electrons. The minimum atomic E-state index is -0.666. The van der Waals surface area contributed by atoms with Gasteiger partial charge in [0, 0.05) is 11.1 Å². The van der Waals surface area contributed by atoms with Crippen molar-refractivity contribution in [1.29, 1.82) is 0 Å². The van der Waals surface area contributed by atoms with Gasteiger partial charge in [-0.2, -0.15) is 5.10 Å². The molecule has 0 saturated carbocycles. The van der Waals surface area contributed by atoms with Crippen LogP contribution in [0, 0.1) is 3.70 Å². The number of halogens is 1. The minimum Gasteiger partial charge on any atom is -0.497 e. The van der Waals surface area contributed by atoms with Gasteiger partial charge >= 0.3 is 0 Å². The monoisotopic (exact) mass is 447 g/mol. The number of fused-ring (bicyclic) bond motifs is 2. The fourth-order valence-electron chi connectivity index (χ4n) is 3.59. The predicted molar refractivity (Wildman–Crippen MR) is 106 cm³/mol. The van der Waals surface area contributed by atoms with Crippen molar-refractivity contribution in [1.82, 2.24) is 10.2 Å². The molecule has 2 atom stereocenters. The summed E-state index contributed by atoms with van der Waals surface area (Å²) >= 11 is 2.24. The Bertz CT molecular complexity index is 997. The van der Waals surface area contributed by atoms with Crippen LogP contribution in [0.2, 0.25) is 0 Å². The molecule has 2 heterocycles. The van der Waals surface area contributed by atoms with Crippen molar-refractivity contribution in [3.63, 3.8) is 0 Å². The van der Waals surface area contributed by atoms with E-state index in [0.29, 0.717) is 0 Å². The highest BCUT2D eigenvalue weighted by Gasteiger charge is 2.47. The number of benzene rings is 2. The summed E-state index contributed by atoms with van der Waals surface area (Å²) in [5, 5.41) is 11.5. The number of aromatic nitrogens is 2. The smallest absolute Gasteiger partial charge is 0.235 e. The van der Waals surface area contributed by atoms with Crippen LogP contribution in [0.1, 0.15) is 30.9 Å². The molecular weight excluding hydrogens is 429 g/mol. The number of rotatable bonds is 3. The SMILES string of the molecule is COc1ccc2c(c1)C(C)(C(C)c1ccc3c(I)[nH]nc3c1)C(=O)N2. The third-order valence-corrected chi connectivity index (χ3v) is 6.23. The number of aromatic amines is 1. The highest BCUT2D eigenvalue weighted by molar-refractivity contribution is 14.1. The van der Waals surface area contributed by atoms with Crippen molar-refractivity contribution in [2.75, 3.05) is 12.4 Å². The summed E-state index contributed by atoms with van der Waals surface area (Å²) in [6.45, 7) is 4.09. The van der Waals surface area contributed by atoms with Crippen LogP contribution in [0.25, 0.3) is 10.9 Å². The number of anilines is 1. The zero-order valence-corrected chi connectivity index (χ0v) is 16.3. The first-order chi connectivity index (χ1) is 11.9. The summed E-state index contributed by atoms with van der Waals surface area (Å²) in [7, 11) is 1.64. The fraction of sp³-hybridized carbons (Fsp3) is 0.263. The largest absolute Gasteiger partial charge is 0.497 e. The van der Waals surface area contributed by atoms with Crippen molar-refractivity contribution in [2.24, 2.45) is 0 Å². The summed E-state index contributed by atoms with van der Waals surface area (Å²) in [5.41, 5.74) is 3.17. The quantitative estimate of drug-likeness (QED) is 0.592. The Morgan fingerprint density at radius 3 is 2.80 bits per heavy atom. The molecule has 0 saturated heterocycles. The fourth-order valence-corrected chi connectivity index (χ4v) is 4.17. The molecule has 0 aliphatic carbocycles. The molecule has 1 aromatic heterocycles. The van der Waals surface area contributed by atoms with Crippen LogP contribution >= 0.6 is 22.6 Å². The van der Waals surface area contributed by atoms with Gasteiger partial charge in [0.2, 0.25) is 5.91 Å². The molecule has 25 heavy (non-hydrogen) atoms. The molecule has 4 rings (SSSR count). The average Bonchev–Trinajstić information content (AvgIpc) is 3.12. The van der Waals surface area contributed by atoms with Crippen LogP contribution in [-0.2, 0) is 10.2 Å². The molecule has 0 fully saturated rings. The van der Waals surface area contributed by atoms with Gasteiger partial charge in [0.05, 0.1) is 18.0 Å². The maximum atomic E-state index is 12.9. The minimum absolute atomic E-state index is 0.0139. The molecule has 1 amide bonds. The third kappa shape index (κ3) is 2.34. The van der Waals surface area contributed by atoms with Gasteiger partial charge in [0.1, 0.15) is 9.45 Å². The van der Waals surface area contributed by atoms with Crippen molar-refractivity contribution in [2.45, 2.75) is 25.2 Å². The van der Waals surface area contributed by atoms with E-state index in [1.807, 2.05) is 25.1 Å². The van der Waals surface area contributed by atoms with Gasteiger partial charge < -0.3 is 10.1 Å². The third-order valence-electron chi connectivity index (χ3n) is 5.40. The molecule has 0 radical (unpaired) electrons. The van der Waals surface area contributed by atoms with Gasteiger partial charge in [0.25, 0.3) is 0 Å². The van der Waals surface area contributed by atoms with E-state index in [9.17, 15) is 4.79 Å². The number of hydrogen-bond donors (Lipinski definition) is 2. The lowest BCUT2D eigenvalue weighted by molar-refractivity contribution is -0.120. The molecule has 2 unspecified atom stereocenters. The van der Waals surface area contributed by atoms with Crippen molar-refractivity contribution < 1.29 is 9.53 Å². The normalized spacial score (nSPS) is 20.4. The Balaban J connectivity index is 1.83. The number of nitrogens with one attached hydrogen (secondary N) is 2. The average molecular weight is 447 g/mol. The summed E-state index contributed by atoms with van der Waals surface area (Å²) in [5.74, 6) is 0.755. The summed E-state index contributed by atoms with van der Waals surface area (Å²) < 4.78 is 6.38. The number of ether oxygens (including phenoxy) is 1. The van der Waals surface area contributed by atoms with Crippen molar-refractivity contribution in [3.8, 4) is 5.75 Å². The van der Waals surface area contributed by atoms with E-state index in [0.717, 1.165) is 37.2 Å². The Kier molecular flexibility index (Phi) is 3.75. The van der Waals surface area contributed by atoms with Gasteiger partial charge in [0.15, 0.2) is 0 Å². The Hall–Kier alpha value is -2.09. The van der Waals surface area contributed by atoms with E-state index in [2.05, 4.69) is 63.2 Å². The van der Waals surface area contributed by atoms with E-state index in [4.69, 9.17) is 4.74 Å². The van der Waals surface area contributed by atoms with Crippen LogP contribution in [0.15, 0.2) is 36.4 Å². The number of methoxy groups -OCH3 is 1. The second-order valence-electron chi connectivity index (χ2n) is 6.60. The molecule has 2 N–H and O–H groups in total. The Morgan fingerprint density at radius 1 is 1.24 bits per heavy atom. The predicted octanol–water partition coefficient (Wildman–Crippen LogP) is 4.19. The highest BCUT2D eigenvalue weighted by Crippen LogP contribution is 2.48. The van der Waals surface area contributed by atoms with Gasteiger partial charge in [-0.05, 0) is 76.9 Å². The Labute approximate surface area is 159 Å². The first-order valence-corrected chi connectivity index (χ1v) is 9.16. The van der Waals surface area contributed by atoms with E-state index in [-0.39, 0.29) is 11.8 Å². The number of hydrogen-bond acceptors (Lipinski definition) is 3. The summed E-state index contributed by atoms with van der Waals surface area (Å²) in [6.07, 6.45) is 0. The van der Waals surface area contributed by atoms with Crippen LogP contribution in [-0.4, -0.2) is 23.2 Å². The maximum absolute atomic E-state index is 12.9. The number of amides is 1. The zero-order valence-electron chi connectivity index (χ0n) is 14.2. The number of nitrogens with zero attached hydrogens (tertiary/aromatic N) is 1. The van der Waals surface area contributed by atoms with Crippen molar-refractivity contribution >= 4 is 45.1 Å². The van der Waals surface area contributed by atoms with Gasteiger partial charge in [-0.15, -0.1) is 0 Å². The first-order valence-electron chi connectivity index (χ1n) is 8.08. The van der Waals surface area contributed by atoms with Gasteiger partial charge in [-0.25, -0.2) is 0 Å². The van der Waals surface area contributed by atoms with Crippen LogP contribution in [0.3, 0.4) is 0 Å². The maximum Gasteiger partial charge on any atom is 0.235 e. The second kappa shape index (κ2) is 5.72. The van der Waals surface area contributed by atoms with E-state index >= 15 is 0 Å². The van der Waals surface area contributed by atoms with E-state index in [1.54, 1.807) is 7.11 Å². The van der Waals surface area contributed by atoms with Crippen molar-refractivity contribution in [3.05, 3.63) is 51.2 Å². The second-order valence-corrected chi connectivity index (χ2v) is 7.68. The number of H-pyrrole nitrogens is 1. The lowest BCUT2D eigenvalue weighted by atomic mass is 9.70. The van der Waals surface area contributed by atoms with E-state index < -0.39 is 5.41 Å². The Morgan fingerprint density at radius 2 is 2.04 bits per heavy atom. The molecule has 5 nitrogen and oxygen atoms in total. The number of carbonyl (C=O) groups excluding carboxylic acids is 1. The topological polar surface area (TPSA) is 67.0 Å². The molecule has 6 heteroatoms. The van der Waals surface area contributed by atoms with Crippen LogP contribution in [0.4, 0.5) is 5.69 Å². The number of carbonyl (C=O) groups is 1. The standard InChI is InChI=1S/C19H18IN3O2/c1-10(11-4-6-13-16(8-11)22-23-17(13)20)19(2)14-9-12(25-3)5-7-15(14)21-18(19)24/h4-10H,1-3H3,(H,21,24)(H,22,23). The van der Waals surface area contributed by atoms with E-state index in [1.165, 1.54) is 0 Å². The van der Waals surface area contributed by atoms with Gasteiger partial charge in [-0.1, -0.05) is 13.0 Å². The lowest BCUT2D eigenvalue weighted by Gasteiger charge is -2.30. The van der Waals surface area contributed by atoms with Crippen LogP contribution < -0.4 is 10.1 Å². The molecule has 3 aromatic rings. The molecule has 2 aromatic carbocycles. The highest BCUT2D eigenvalue weighted by atomic mass is 127. The first kappa shape index (κ1) is 16.4. The molecule has 0 spiro atoms. The molecular formula is C19H18IN3O2. The summed E-state index contributed by atoms with van der Waals surface area (Å²) in [6, 6.07) is 11.9. The lowest BCUT2D eigenvalue weighted by Crippen LogP contribution is -2.36. The van der Waals surface area contributed by atoms with Gasteiger partial charge in [-0.3, -0.25) is 9.89 Å². The molecule has 0 bridgehead atoms. The zero-order chi connectivity index (χ0) is 17.8. The summed E-state index contributed by atoms with van der Waals surface area (Å²) in [4.78, 5) is 12.9.